The summed E-state index contributed by atoms with van der Waals surface area (Å²) in [4.78, 5) is 12.1. The number of rotatable bonds is 6. The Morgan fingerprint density at radius 1 is 1.07 bits per heavy atom. The molecule has 0 atom stereocenters. The van der Waals surface area contributed by atoms with Gasteiger partial charge in [0.2, 0.25) is 10.9 Å². The van der Waals surface area contributed by atoms with Gasteiger partial charge in [-0.2, -0.15) is 5.10 Å². The van der Waals surface area contributed by atoms with Gasteiger partial charge in [-0.3, -0.25) is 9.52 Å². The lowest BCUT2D eigenvalue weighted by atomic mass is 10.0. The fourth-order valence-corrected chi connectivity index (χ4v) is 3.08. The summed E-state index contributed by atoms with van der Waals surface area (Å²) in [5.41, 5.74) is 1.60. The maximum absolute atomic E-state index is 12.1. The molecule has 2 N–H and O–H groups in total. The topological polar surface area (TPSA) is 110 Å². The Balaban J connectivity index is 0.00000261. The Hall–Kier alpha value is -2.78. The minimum absolute atomic E-state index is 0. The van der Waals surface area contributed by atoms with Crippen molar-refractivity contribution < 1.29 is 17.9 Å². The molecule has 1 aromatic heterocycles. The van der Waals surface area contributed by atoms with Gasteiger partial charge < -0.3 is 9.47 Å². The van der Waals surface area contributed by atoms with E-state index in [1.807, 2.05) is 6.07 Å². The smallest absolute Gasteiger partial charge is 0.272 e. The molecule has 2 aromatic carbocycles. The monoisotopic (exact) mass is 411 g/mol. The summed E-state index contributed by atoms with van der Waals surface area (Å²) < 4.78 is 34.6. The number of halogens is 1. The number of hydrogen-bond acceptors (Lipinski definition) is 6. The molecule has 27 heavy (non-hydrogen) atoms. The van der Waals surface area contributed by atoms with Crippen molar-refractivity contribution in [2.45, 2.75) is 6.42 Å². The number of methoxy groups -OCH3 is 2. The van der Waals surface area contributed by atoms with Crippen LogP contribution in [0.2, 0.25) is 0 Å². The fourth-order valence-electron chi connectivity index (χ4n) is 2.73. The number of aromatic nitrogens is 2. The third-order valence-electron chi connectivity index (χ3n) is 3.89. The first kappa shape index (κ1) is 20.5. The van der Waals surface area contributed by atoms with Crippen LogP contribution >= 0.6 is 12.4 Å². The quantitative estimate of drug-likeness (QED) is 0.534. The average molecular weight is 412 g/mol. The number of aromatic amines is 1. The minimum Gasteiger partial charge on any atom is -0.493 e. The second kappa shape index (κ2) is 8.74. The number of benzene rings is 2. The zero-order valence-corrected chi connectivity index (χ0v) is 16.2. The molecular formula is C17H18ClN3O5S. The Bertz CT molecular complexity index is 1090. The lowest BCUT2D eigenvalue weighted by molar-refractivity contribution is 0.356. The lowest BCUT2D eigenvalue weighted by Gasteiger charge is -2.11. The van der Waals surface area contributed by atoms with Crippen molar-refractivity contribution in [3.63, 3.8) is 0 Å². The summed E-state index contributed by atoms with van der Waals surface area (Å²) in [6.45, 7) is 0. The van der Waals surface area contributed by atoms with E-state index >= 15 is 0 Å². The third-order valence-corrected chi connectivity index (χ3v) is 4.33. The van der Waals surface area contributed by atoms with Gasteiger partial charge in [0.05, 0.1) is 25.3 Å². The molecule has 0 spiro atoms. The zero-order valence-electron chi connectivity index (χ0n) is 14.5. The first-order valence-corrected chi connectivity index (χ1v) is 8.83. The van der Waals surface area contributed by atoms with Gasteiger partial charge >= 0.3 is 0 Å². The molecule has 0 amide bonds. The number of hydrogen-bond donors (Lipinski definition) is 3. The van der Waals surface area contributed by atoms with Crippen molar-refractivity contribution in [1.82, 2.24) is 10.2 Å². The van der Waals surface area contributed by atoms with Crippen molar-refractivity contribution in [3.8, 4) is 11.5 Å². The summed E-state index contributed by atoms with van der Waals surface area (Å²) in [6.07, 6.45) is 0.397. The van der Waals surface area contributed by atoms with E-state index < -0.39 is 10.9 Å². The van der Waals surface area contributed by atoms with E-state index in [1.54, 1.807) is 30.3 Å². The van der Waals surface area contributed by atoms with Crippen LogP contribution in [0.1, 0.15) is 11.3 Å². The molecule has 8 nitrogen and oxygen atoms in total. The van der Waals surface area contributed by atoms with Crippen LogP contribution in [0.25, 0.3) is 10.8 Å². The first-order chi connectivity index (χ1) is 12.5. The standard InChI is InChI=1S/C17H17N3O5S.ClH/c1-24-15-8-12-13(9-16(15)25-2)17(21)19-18-14(12)7-10-4-3-5-11(6-10)20-26(22)23;/h3-6,8-9,26H,7H2,1-2H3,(H,19,21)(H,20,22,23);1H. The first-order valence-electron chi connectivity index (χ1n) is 7.65. The number of anilines is 1. The Morgan fingerprint density at radius 2 is 1.74 bits per heavy atom. The van der Waals surface area contributed by atoms with E-state index in [0.29, 0.717) is 40.1 Å². The van der Waals surface area contributed by atoms with E-state index in [-0.39, 0.29) is 18.0 Å². The molecule has 144 valence electrons. The maximum Gasteiger partial charge on any atom is 0.272 e. The molecular weight excluding hydrogens is 394 g/mol. The highest BCUT2D eigenvalue weighted by molar-refractivity contribution is 7.73. The molecule has 0 aliphatic heterocycles. The highest BCUT2D eigenvalue weighted by atomic mass is 35.5. The summed E-state index contributed by atoms with van der Waals surface area (Å²) >= 11 is 0. The molecule has 0 unspecified atom stereocenters. The molecule has 0 aliphatic carbocycles. The Morgan fingerprint density at radius 3 is 2.37 bits per heavy atom. The lowest BCUT2D eigenvalue weighted by Crippen LogP contribution is -2.12. The average Bonchev–Trinajstić information content (AvgIpc) is 2.63. The van der Waals surface area contributed by atoms with Gasteiger partial charge in [0.25, 0.3) is 5.56 Å². The number of fused-ring (bicyclic) bond motifs is 1. The minimum atomic E-state index is -2.74. The molecule has 0 aliphatic rings. The van der Waals surface area contributed by atoms with E-state index in [9.17, 15) is 13.2 Å². The van der Waals surface area contributed by atoms with Crippen LogP contribution in [0.5, 0.6) is 11.5 Å². The molecule has 0 fully saturated rings. The number of nitrogens with zero attached hydrogens (tertiary/aromatic N) is 1. The van der Waals surface area contributed by atoms with Gasteiger partial charge in [0.1, 0.15) is 0 Å². The van der Waals surface area contributed by atoms with Gasteiger partial charge in [-0.05, 0) is 29.8 Å². The molecule has 0 saturated heterocycles. The van der Waals surface area contributed by atoms with Crippen LogP contribution in [0.15, 0.2) is 41.2 Å². The van der Waals surface area contributed by atoms with Crippen molar-refractivity contribution in [2.24, 2.45) is 0 Å². The summed E-state index contributed by atoms with van der Waals surface area (Å²) in [5.74, 6) is 0.945. The van der Waals surface area contributed by atoms with Crippen LogP contribution < -0.4 is 19.8 Å². The van der Waals surface area contributed by atoms with Crippen LogP contribution in [0.3, 0.4) is 0 Å². The predicted octanol–water partition coefficient (Wildman–Crippen LogP) is 1.89. The SMILES string of the molecule is COc1cc2c(Cc3cccc(N[SH](=O)=O)c3)n[nH]c(=O)c2cc1OC.Cl. The van der Waals surface area contributed by atoms with Crippen molar-refractivity contribution in [2.75, 3.05) is 18.9 Å². The van der Waals surface area contributed by atoms with E-state index in [0.717, 1.165) is 5.56 Å². The number of ether oxygens (including phenoxy) is 2. The molecule has 1 heterocycles. The van der Waals surface area contributed by atoms with Gasteiger partial charge in [0.15, 0.2) is 11.5 Å². The van der Waals surface area contributed by atoms with Gasteiger partial charge in [-0.25, -0.2) is 13.5 Å². The summed E-state index contributed by atoms with van der Waals surface area (Å²) in [5, 5.41) is 7.71. The molecule has 10 heteroatoms. The van der Waals surface area contributed by atoms with Crippen molar-refractivity contribution in [3.05, 3.63) is 58.0 Å². The van der Waals surface area contributed by atoms with E-state index in [2.05, 4.69) is 14.9 Å². The van der Waals surface area contributed by atoms with E-state index in [1.165, 1.54) is 14.2 Å². The predicted molar refractivity (Wildman–Crippen MR) is 106 cm³/mol. The third kappa shape index (κ3) is 4.50. The zero-order chi connectivity index (χ0) is 18.7. The Labute approximate surface area is 163 Å². The van der Waals surface area contributed by atoms with Crippen LogP contribution in [0.4, 0.5) is 5.69 Å². The van der Waals surface area contributed by atoms with E-state index in [4.69, 9.17) is 9.47 Å². The molecule has 3 aromatic rings. The highest BCUT2D eigenvalue weighted by Crippen LogP contribution is 2.32. The van der Waals surface area contributed by atoms with Crippen LogP contribution in [-0.4, -0.2) is 32.8 Å². The van der Waals surface area contributed by atoms with Gasteiger partial charge in [-0.15, -0.1) is 12.4 Å². The van der Waals surface area contributed by atoms with Crippen molar-refractivity contribution in [1.29, 1.82) is 0 Å². The molecule has 0 radical (unpaired) electrons. The summed E-state index contributed by atoms with van der Waals surface area (Å²) in [7, 11) is 0.280. The summed E-state index contributed by atoms with van der Waals surface area (Å²) in [6, 6.07) is 10.3. The maximum atomic E-state index is 12.1. The van der Waals surface area contributed by atoms with Crippen molar-refractivity contribution >= 4 is 39.8 Å². The fraction of sp³-hybridized carbons (Fsp3) is 0.176. The van der Waals surface area contributed by atoms with Crippen LogP contribution in [0, 0.1) is 0 Å². The molecule has 0 saturated carbocycles. The number of nitrogens with one attached hydrogen (secondary N) is 2. The Kier molecular flexibility index (Phi) is 6.65. The second-order valence-corrected chi connectivity index (χ2v) is 6.24. The van der Waals surface area contributed by atoms with Gasteiger partial charge in [0, 0.05) is 17.5 Å². The largest absolute Gasteiger partial charge is 0.493 e. The highest BCUT2D eigenvalue weighted by Gasteiger charge is 2.13. The second-order valence-electron chi connectivity index (χ2n) is 5.50. The number of H-pyrrole nitrogens is 1. The molecule has 3 rings (SSSR count). The van der Waals surface area contributed by atoms with Gasteiger partial charge in [-0.1, -0.05) is 12.1 Å². The molecule has 0 bridgehead atoms. The number of thiol groups is 1. The normalized spacial score (nSPS) is 10.5. The van der Waals surface area contributed by atoms with Crippen LogP contribution in [-0.2, 0) is 17.3 Å².